The Morgan fingerprint density at radius 2 is 1.83 bits per heavy atom. The molecule has 1 aromatic rings. The minimum Gasteiger partial charge on any atom is -0.463 e. The highest BCUT2D eigenvalue weighted by atomic mass is 16.6. The van der Waals surface area contributed by atoms with Crippen LogP contribution in [-0.4, -0.2) is 74.8 Å². The highest BCUT2D eigenvalue weighted by Crippen LogP contribution is 2.24. The second-order valence-corrected chi connectivity index (χ2v) is 6.27. The normalized spacial score (nSPS) is 12.8. The second kappa shape index (κ2) is 11.2. The monoisotopic (exact) mass is 405 g/mol. The summed E-state index contributed by atoms with van der Waals surface area (Å²) in [7, 11) is 1.54. The molecule has 0 aromatic heterocycles. The van der Waals surface area contributed by atoms with Gasteiger partial charge in [0.25, 0.3) is 11.8 Å². The number of methoxy groups -OCH3 is 1. The molecular formula is C20H23NO8. The molecule has 0 fully saturated rings. The summed E-state index contributed by atoms with van der Waals surface area (Å²) in [5.74, 6) is -1.69. The van der Waals surface area contributed by atoms with Gasteiger partial charge in [0, 0.05) is 32.2 Å². The number of nitrogens with zero attached hydrogens (tertiary/aromatic N) is 1. The van der Waals surface area contributed by atoms with E-state index in [1.165, 1.54) is 18.2 Å². The summed E-state index contributed by atoms with van der Waals surface area (Å²) in [5.41, 5.74) is 0.723. The van der Waals surface area contributed by atoms with Crippen LogP contribution in [0.5, 0.6) is 0 Å². The Kier molecular flexibility index (Phi) is 8.63. The zero-order valence-corrected chi connectivity index (χ0v) is 16.2. The Bertz CT molecular complexity index is 789. The fourth-order valence-corrected chi connectivity index (χ4v) is 2.75. The number of imide groups is 1. The molecule has 0 N–H and O–H groups in total. The molecule has 0 bridgehead atoms. The summed E-state index contributed by atoms with van der Waals surface area (Å²) in [6.07, 6.45) is 1.26. The van der Waals surface area contributed by atoms with E-state index in [9.17, 15) is 24.0 Å². The number of fused-ring (bicyclic) bond motifs is 1. The lowest BCUT2D eigenvalue weighted by atomic mass is 10.0. The van der Waals surface area contributed by atoms with Crippen molar-refractivity contribution in [1.29, 1.82) is 0 Å². The van der Waals surface area contributed by atoms with Crippen LogP contribution in [0, 0.1) is 0 Å². The predicted molar refractivity (Wildman–Crippen MR) is 99.7 cm³/mol. The Hall–Kier alpha value is -2.91. The van der Waals surface area contributed by atoms with E-state index in [0.717, 1.165) is 4.90 Å². The van der Waals surface area contributed by atoms with Gasteiger partial charge in [0.15, 0.2) is 5.78 Å². The number of hydrogen-bond donors (Lipinski definition) is 0. The van der Waals surface area contributed by atoms with E-state index < -0.39 is 11.9 Å². The number of ketones is 1. The molecule has 0 atom stereocenters. The third-order valence-corrected chi connectivity index (χ3v) is 4.21. The average Bonchev–Trinajstić information content (AvgIpc) is 2.96. The molecule has 29 heavy (non-hydrogen) atoms. The fraction of sp³-hybridized carbons (Fsp3) is 0.450. The lowest BCUT2D eigenvalue weighted by molar-refractivity contribution is -0.145. The first-order valence-corrected chi connectivity index (χ1v) is 9.19. The molecule has 0 saturated heterocycles. The third-order valence-electron chi connectivity index (χ3n) is 4.21. The fourth-order valence-electron chi connectivity index (χ4n) is 2.75. The van der Waals surface area contributed by atoms with Crippen LogP contribution < -0.4 is 0 Å². The molecule has 156 valence electrons. The second-order valence-electron chi connectivity index (χ2n) is 6.27. The maximum Gasteiger partial charge on any atom is 0.306 e. The van der Waals surface area contributed by atoms with Gasteiger partial charge in [0.2, 0.25) is 0 Å². The van der Waals surface area contributed by atoms with Crippen LogP contribution in [0.15, 0.2) is 18.2 Å². The van der Waals surface area contributed by atoms with Crippen LogP contribution in [0.1, 0.15) is 50.3 Å². The van der Waals surface area contributed by atoms with Gasteiger partial charge in [0.1, 0.15) is 19.5 Å². The number of esters is 1. The van der Waals surface area contributed by atoms with Crippen LogP contribution in [0.4, 0.5) is 0 Å². The molecule has 0 unspecified atom stereocenters. The number of aldehydes is 1. The molecule has 0 aliphatic carbocycles. The van der Waals surface area contributed by atoms with Crippen LogP contribution >= 0.6 is 0 Å². The average molecular weight is 405 g/mol. The molecule has 2 amide bonds. The van der Waals surface area contributed by atoms with Crippen molar-refractivity contribution in [3.05, 3.63) is 34.9 Å². The highest BCUT2D eigenvalue weighted by molar-refractivity contribution is 6.22. The van der Waals surface area contributed by atoms with E-state index in [0.29, 0.717) is 19.3 Å². The lowest BCUT2D eigenvalue weighted by Gasteiger charge is -2.12. The van der Waals surface area contributed by atoms with Gasteiger partial charge in [-0.1, -0.05) is 6.07 Å². The minimum atomic E-state index is -0.510. The number of carbonyl (C=O) groups excluding carboxylic acids is 5. The van der Waals surface area contributed by atoms with Gasteiger partial charge in [-0.05, 0) is 18.6 Å². The van der Waals surface area contributed by atoms with E-state index in [4.69, 9.17) is 14.2 Å². The standard InChI is InChI=1S/C20H23NO8/c1-27-9-3-7-21-19(25)15-6-5-14(12-16(15)20(21)26)17(23)13-28-10-11-29-18(24)4-2-8-22/h5-6,8,12H,2-4,7,9-11,13H2,1H3. The number of ether oxygens (including phenoxy) is 3. The number of benzene rings is 1. The van der Waals surface area contributed by atoms with Gasteiger partial charge < -0.3 is 19.0 Å². The van der Waals surface area contributed by atoms with Crippen molar-refractivity contribution in [3.8, 4) is 0 Å². The Labute approximate surface area is 167 Å². The van der Waals surface area contributed by atoms with Gasteiger partial charge in [-0.25, -0.2) is 0 Å². The molecule has 0 saturated carbocycles. The number of carbonyl (C=O) groups is 5. The first-order chi connectivity index (χ1) is 14.0. The zero-order chi connectivity index (χ0) is 21.2. The maximum absolute atomic E-state index is 12.5. The van der Waals surface area contributed by atoms with E-state index in [2.05, 4.69) is 0 Å². The van der Waals surface area contributed by atoms with Crippen LogP contribution in [0.2, 0.25) is 0 Å². The molecule has 9 heteroatoms. The van der Waals surface area contributed by atoms with Crippen LogP contribution in [-0.2, 0) is 23.8 Å². The Morgan fingerprint density at radius 1 is 1.07 bits per heavy atom. The SMILES string of the molecule is COCCCN1C(=O)c2ccc(C(=O)COCCOC(=O)CCC=O)cc2C1=O. The van der Waals surface area contributed by atoms with Crippen molar-refractivity contribution in [1.82, 2.24) is 4.90 Å². The molecule has 2 rings (SSSR count). The summed E-state index contributed by atoms with van der Waals surface area (Å²) in [6.45, 7) is 0.413. The molecule has 9 nitrogen and oxygen atoms in total. The van der Waals surface area contributed by atoms with Crippen molar-refractivity contribution < 1.29 is 38.2 Å². The molecule has 1 aliphatic rings. The van der Waals surface area contributed by atoms with Gasteiger partial charge in [-0.3, -0.25) is 24.1 Å². The van der Waals surface area contributed by atoms with Crippen molar-refractivity contribution in [2.75, 3.05) is 40.1 Å². The smallest absolute Gasteiger partial charge is 0.306 e. The zero-order valence-electron chi connectivity index (χ0n) is 16.2. The van der Waals surface area contributed by atoms with Gasteiger partial charge in [0.05, 0.1) is 24.2 Å². The molecule has 1 aliphatic heterocycles. The van der Waals surface area contributed by atoms with Crippen LogP contribution in [0.25, 0.3) is 0 Å². The highest BCUT2D eigenvalue weighted by Gasteiger charge is 2.35. The molecule has 1 heterocycles. The number of hydrogen-bond acceptors (Lipinski definition) is 8. The van der Waals surface area contributed by atoms with E-state index in [1.807, 2.05) is 0 Å². The third kappa shape index (κ3) is 6.03. The topological polar surface area (TPSA) is 116 Å². The van der Waals surface area contributed by atoms with E-state index >= 15 is 0 Å². The predicted octanol–water partition coefficient (Wildman–Crippen LogP) is 1.04. The molecule has 0 radical (unpaired) electrons. The summed E-state index contributed by atoms with van der Waals surface area (Å²) in [5, 5.41) is 0. The van der Waals surface area contributed by atoms with Crippen molar-refractivity contribution in [3.63, 3.8) is 0 Å². The van der Waals surface area contributed by atoms with Crippen molar-refractivity contribution in [2.45, 2.75) is 19.3 Å². The first-order valence-electron chi connectivity index (χ1n) is 9.19. The lowest BCUT2D eigenvalue weighted by Crippen LogP contribution is -2.31. The summed E-state index contributed by atoms with van der Waals surface area (Å²) in [6, 6.07) is 4.35. The number of Topliss-reactive ketones (excluding diaryl/α,β-unsaturated/α-hetero) is 1. The molecule has 1 aromatic carbocycles. The van der Waals surface area contributed by atoms with Gasteiger partial charge in [-0.2, -0.15) is 0 Å². The number of amides is 2. The summed E-state index contributed by atoms with van der Waals surface area (Å²) < 4.78 is 15.0. The van der Waals surface area contributed by atoms with Crippen LogP contribution in [0.3, 0.4) is 0 Å². The van der Waals surface area contributed by atoms with Gasteiger partial charge >= 0.3 is 5.97 Å². The summed E-state index contributed by atoms with van der Waals surface area (Å²) in [4.78, 5) is 59.6. The first kappa shape index (κ1) is 22.4. The van der Waals surface area contributed by atoms with E-state index in [1.54, 1.807) is 7.11 Å². The number of rotatable bonds is 13. The van der Waals surface area contributed by atoms with E-state index in [-0.39, 0.29) is 67.6 Å². The largest absolute Gasteiger partial charge is 0.463 e. The maximum atomic E-state index is 12.5. The quantitative estimate of drug-likeness (QED) is 0.157. The van der Waals surface area contributed by atoms with Crippen molar-refractivity contribution >= 4 is 29.9 Å². The minimum absolute atomic E-state index is 0.00674. The van der Waals surface area contributed by atoms with Gasteiger partial charge in [-0.15, -0.1) is 0 Å². The van der Waals surface area contributed by atoms with Crippen molar-refractivity contribution in [2.24, 2.45) is 0 Å². The summed E-state index contributed by atoms with van der Waals surface area (Å²) >= 11 is 0. The molecular weight excluding hydrogens is 382 g/mol. The Morgan fingerprint density at radius 3 is 2.55 bits per heavy atom. The molecule has 0 spiro atoms. The Balaban J connectivity index is 1.85.